The molecule has 4 nitrogen and oxygen atoms in total. The van der Waals surface area contributed by atoms with E-state index in [-0.39, 0.29) is 11.4 Å². The van der Waals surface area contributed by atoms with Crippen molar-refractivity contribution in [3.8, 4) is 0 Å². The van der Waals surface area contributed by atoms with Crippen molar-refractivity contribution in [1.82, 2.24) is 10.2 Å². The third-order valence-electron chi connectivity index (χ3n) is 2.76. The van der Waals surface area contributed by atoms with E-state index >= 15 is 0 Å². The third-order valence-corrected chi connectivity index (χ3v) is 2.76. The summed E-state index contributed by atoms with van der Waals surface area (Å²) >= 11 is 0. The minimum absolute atomic E-state index is 0.144. The predicted octanol–water partition coefficient (Wildman–Crippen LogP) is 0.623. The molecule has 4 heteroatoms. The standard InChI is InChI=1S/C11H22N2O2/c1-11(2)9-15-8-7-13(11)10(14)5-4-6-12-3/h12H,4-9H2,1-3H3. The molecule has 0 aromatic rings. The number of carbonyl (C=O) groups excluding carboxylic acids is 1. The molecular formula is C11H22N2O2. The van der Waals surface area contributed by atoms with E-state index in [0.717, 1.165) is 19.5 Å². The lowest BCUT2D eigenvalue weighted by Gasteiger charge is -2.42. The van der Waals surface area contributed by atoms with Gasteiger partial charge >= 0.3 is 0 Å². The zero-order chi connectivity index (χ0) is 11.3. The molecule has 0 spiro atoms. The van der Waals surface area contributed by atoms with Crippen molar-refractivity contribution in [3.63, 3.8) is 0 Å². The van der Waals surface area contributed by atoms with Crippen LogP contribution in [0.2, 0.25) is 0 Å². The average Bonchev–Trinajstić information content (AvgIpc) is 2.17. The average molecular weight is 214 g/mol. The van der Waals surface area contributed by atoms with Gasteiger partial charge in [-0.05, 0) is 33.9 Å². The highest BCUT2D eigenvalue weighted by atomic mass is 16.5. The van der Waals surface area contributed by atoms with Gasteiger partial charge in [0.15, 0.2) is 0 Å². The maximum atomic E-state index is 11.9. The van der Waals surface area contributed by atoms with E-state index in [2.05, 4.69) is 19.2 Å². The molecule has 1 aliphatic rings. The van der Waals surface area contributed by atoms with Gasteiger partial charge in [0.2, 0.25) is 5.91 Å². The van der Waals surface area contributed by atoms with Gasteiger partial charge in [0.25, 0.3) is 0 Å². The van der Waals surface area contributed by atoms with Crippen molar-refractivity contribution in [1.29, 1.82) is 0 Å². The van der Waals surface area contributed by atoms with E-state index in [1.807, 2.05) is 11.9 Å². The van der Waals surface area contributed by atoms with Crippen molar-refractivity contribution >= 4 is 5.91 Å². The first kappa shape index (κ1) is 12.5. The zero-order valence-electron chi connectivity index (χ0n) is 10.0. The third kappa shape index (κ3) is 3.47. The Kier molecular flexibility index (Phi) is 4.54. The van der Waals surface area contributed by atoms with Crippen LogP contribution in [0.25, 0.3) is 0 Å². The SMILES string of the molecule is CNCCCC(=O)N1CCOCC1(C)C. The number of nitrogens with one attached hydrogen (secondary N) is 1. The minimum atomic E-state index is -0.144. The van der Waals surface area contributed by atoms with E-state index in [4.69, 9.17) is 4.74 Å². The zero-order valence-corrected chi connectivity index (χ0v) is 10.0. The van der Waals surface area contributed by atoms with Gasteiger partial charge in [0.05, 0.1) is 18.8 Å². The van der Waals surface area contributed by atoms with Gasteiger partial charge in [-0.2, -0.15) is 0 Å². The summed E-state index contributed by atoms with van der Waals surface area (Å²) in [5.74, 6) is 0.249. The fraction of sp³-hybridized carbons (Fsp3) is 0.909. The van der Waals surface area contributed by atoms with Crippen LogP contribution in [-0.4, -0.2) is 49.7 Å². The van der Waals surface area contributed by atoms with Crippen LogP contribution in [0.3, 0.4) is 0 Å². The number of hydrogen-bond acceptors (Lipinski definition) is 3. The topological polar surface area (TPSA) is 41.6 Å². The summed E-state index contributed by atoms with van der Waals surface area (Å²) in [6.07, 6.45) is 1.53. The van der Waals surface area contributed by atoms with Crippen molar-refractivity contribution in [2.75, 3.05) is 33.4 Å². The van der Waals surface area contributed by atoms with Crippen LogP contribution in [0.4, 0.5) is 0 Å². The first-order valence-electron chi connectivity index (χ1n) is 5.61. The Morgan fingerprint density at radius 3 is 2.87 bits per heavy atom. The van der Waals surface area contributed by atoms with Crippen LogP contribution in [0.5, 0.6) is 0 Å². The van der Waals surface area contributed by atoms with Crippen LogP contribution < -0.4 is 5.32 Å². The summed E-state index contributed by atoms with van der Waals surface area (Å²) in [5, 5.41) is 3.05. The molecule has 1 N–H and O–H groups in total. The maximum Gasteiger partial charge on any atom is 0.223 e. The molecule has 0 unspecified atom stereocenters. The van der Waals surface area contributed by atoms with Gasteiger partial charge in [0, 0.05) is 13.0 Å². The molecule has 0 aromatic carbocycles. The Morgan fingerprint density at radius 2 is 2.27 bits per heavy atom. The summed E-state index contributed by atoms with van der Waals surface area (Å²) in [6.45, 7) is 7.05. The molecular weight excluding hydrogens is 192 g/mol. The summed E-state index contributed by atoms with van der Waals surface area (Å²) in [5.41, 5.74) is -0.144. The van der Waals surface area contributed by atoms with Gasteiger partial charge in [-0.15, -0.1) is 0 Å². The highest BCUT2D eigenvalue weighted by Gasteiger charge is 2.33. The summed E-state index contributed by atoms with van der Waals surface area (Å²) < 4.78 is 5.38. The first-order valence-corrected chi connectivity index (χ1v) is 5.61. The van der Waals surface area contributed by atoms with Crippen LogP contribution in [0.1, 0.15) is 26.7 Å². The van der Waals surface area contributed by atoms with E-state index in [9.17, 15) is 4.79 Å². The highest BCUT2D eigenvalue weighted by Crippen LogP contribution is 2.20. The summed E-state index contributed by atoms with van der Waals surface area (Å²) in [4.78, 5) is 13.9. The molecule has 15 heavy (non-hydrogen) atoms. The number of rotatable bonds is 4. The maximum absolute atomic E-state index is 11.9. The molecule has 0 atom stereocenters. The quantitative estimate of drug-likeness (QED) is 0.698. The smallest absolute Gasteiger partial charge is 0.223 e. The van der Waals surface area contributed by atoms with Crippen molar-refractivity contribution in [3.05, 3.63) is 0 Å². The number of nitrogens with zero attached hydrogens (tertiary/aromatic N) is 1. The van der Waals surface area contributed by atoms with Gasteiger partial charge in [0.1, 0.15) is 0 Å². The second kappa shape index (κ2) is 5.47. The molecule has 1 amide bonds. The molecule has 88 valence electrons. The lowest BCUT2D eigenvalue weighted by molar-refractivity contribution is -0.146. The fourth-order valence-corrected chi connectivity index (χ4v) is 1.87. The molecule has 1 rings (SSSR count). The predicted molar refractivity (Wildman–Crippen MR) is 59.8 cm³/mol. The van der Waals surface area contributed by atoms with Gasteiger partial charge in [-0.1, -0.05) is 0 Å². The summed E-state index contributed by atoms with van der Waals surface area (Å²) in [7, 11) is 1.91. The van der Waals surface area contributed by atoms with Crippen molar-refractivity contribution in [2.24, 2.45) is 0 Å². The molecule has 1 aliphatic heterocycles. The van der Waals surface area contributed by atoms with Crippen LogP contribution >= 0.6 is 0 Å². The Bertz CT molecular complexity index is 217. The molecule has 1 heterocycles. The van der Waals surface area contributed by atoms with Gasteiger partial charge < -0.3 is 15.0 Å². The Labute approximate surface area is 92.0 Å². The van der Waals surface area contributed by atoms with Crippen LogP contribution in [0, 0.1) is 0 Å². The van der Waals surface area contributed by atoms with Crippen molar-refractivity contribution in [2.45, 2.75) is 32.2 Å². The second-order valence-electron chi connectivity index (χ2n) is 4.62. The number of amides is 1. The summed E-state index contributed by atoms with van der Waals surface area (Å²) in [6, 6.07) is 0. The van der Waals surface area contributed by atoms with E-state index in [1.165, 1.54) is 0 Å². The number of morpholine rings is 1. The van der Waals surface area contributed by atoms with Gasteiger partial charge in [-0.25, -0.2) is 0 Å². The second-order valence-corrected chi connectivity index (χ2v) is 4.62. The molecule has 0 aromatic heterocycles. The Balaban J connectivity index is 2.42. The van der Waals surface area contributed by atoms with Gasteiger partial charge in [-0.3, -0.25) is 4.79 Å². The molecule has 0 aliphatic carbocycles. The van der Waals surface area contributed by atoms with E-state index in [1.54, 1.807) is 0 Å². The molecule has 0 radical (unpaired) electrons. The van der Waals surface area contributed by atoms with Crippen LogP contribution in [-0.2, 0) is 9.53 Å². The minimum Gasteiger partial charge on any atom is -0.377 e. The van der Waals surface area contributed by atoms with E-state index < -0.39 is 0 Å². The molecule has 0 bridgehead atoms. The van der Waals surface area contributed by atoms with Crippen molar-refractivity contribution < 1.29 is 9.53 Å². The number of ether oxygens (including phenoxy) is 1. The lowest BCUT2D eigenvalue weighted by atomic mass is 10.0. The Hall–Kier alpha value is -0.610. The monoisotopic (exact) mass is 214 g/mol. The fourth-order valence-electron chi connectivity index (χ4n) is 1.87. The largest absolute Gasteiger partial charge is 0.377 e. The normalized spacial score (nSPS) is 20.3. The van der Waals surface area contributed by atoms with E-state index in [0.29, 0.717) is 19.6 Å². The number of carbonyl (C=O) groups is 1. The van der Waals surface area contributed by atoms with Crippen LogP contribution in [0.15, 0.2) is 0 Å². The lowest BCUT2D eigenvalue weighted by Crippen LogP contribution is -2.55. The highest BCUT2D eigenvalue weighted by molar-refractivity contribution is 5.77. The molecule has 1 fully saturated rings. The Morgan fingerprint density at radius 1 is 1.53 bits per heavy atom. The number of hydrogen-bond donors (Lipinski definition) is 1. The first-order chi connectivity index (χ1) is 7.08. The molecule has 1 saturated heterocycles. The molecule has 0 saturated carbocycles.